The van der Waals surface area contributed by atoms with Crippen molar-refractivity contribution in [2.75, 3.05) is 0 Å². The quantitative estimate of drug-likeness (QED) is 0.577. The Morgan fingerprint density at radius 3 is 2.46 bits per heavy atom. The predicted octanol–water partition coefficient (Wildman–Crippen LogP) is 4.77. The monoisotopic (exact) mass is 414 g/mol. The Labute approximate surface area is 173 Å². The van der Waals surface area contributed by atoms with Gasteiger partial charge in [0.25, 0.3) is 0 Å². The number of benzene rings is 1. The number of amides is 1. The van der Waals surface area contributed by atoms with Gasteiger partial charge in [-0.2, -0.15) is 0 Å². The summed E-state index contributed by atoms with van der Waals surface area (Å²) in [5.74, 6) is 0.560. The van der Waals surface area contributed by atoms with Crippen molar-refractivity contribution in [2.24, 2.45) is 5.92 Å². The van der Waals surface area contributed by atoms with E-state index in [0.29, 0.717) is 12.5 Å². The summed E-state index contributed by atoms with van der Waals surface area (Å²) in [6.45, 7) is 6.72. The minimum Gasteiger partial charge on any atom is -0.344 e. The Morgan fingerprint density at radius 2 is 1.89 bits per heavy atom. The van der Waals surface area contributed by atoms with Gasteiger partial charge in [0.05, 0.1) is 6.04 Å². The van der Waals surface area contributed by atoms with Gasteiger partial charge in [0.15, 0.2) is 0 Å². The lowest BCUT2D eigenvalue weighted by molar-refractivity contribution is -0.121. The van der Waals surface area contributed by atoms with Crippen LogP contribution in [0.4, 0.5) is 0 Å². The van der Waals surface area contributed by atoms with Gasteiger partial charge in [-0.3, -0.25) is 9.59 Å². The molecule has 0 saturated heterocycles. The van der Waals surface area contributed by atoms with Gasteiger partial charge < -0.3 is 9.88 Å². The molecule has 0 aliphatic rings. The standard InChI is InChI=1S/C22H26N2O2S2/c1-15(2)13-17-6-8-18(9-7-17)21(19-5-4-12-27-19)23-20(25)10-11-24-16(3)14-28-22(24)26/h4-9,12,14-15,21H,10-11,13H2,1-3H3,(H,23,25). The van der Waals surface area contributed by atoms with E-state index in [1.165, 1.54) is 16.9 Å². The highest BCUT2D eigenvalue weighted by Gasteiger charge is 2.18. The maximum Gasteiger partial charge on any atom is 0.307 e. The van der Waals surface area contributed by atoms with E-state index in [9.17, 15) is 9.59 Å². The second-order valence-electron chi connectivity index (χ2n) is 7.40. The maximum atomic E-state index is 12.6. The molecule has 2 aromatic heterocycles. The summed E-state index contributed by atoms with van der Waals surface area (Å²) < 4.78 is 1.66. The first-order chi connectivity index (χ1) is 13.4. The van der Waals surface area contributed by atoms with E-state index in [1.807, 2.05) is 29.8 Å². The molecule has 3 aromatic rings. The number of thiazole rings is 1. The van der Waals surface area contributed by atoms with Crippen molar-refractivity contribution in [3.05, 3.63) is 78.5 Å². The average molecular weight is 415 g/mol. The van der Waals surface area contributed by atoms with Gasteiger partial charge in [0.2, 0.25) is 5.91 Å². The van der Waals surface area contributed by atoms with E-state index in [-0.39, 0.29) is 23.2 Å². The smallest absolute Gasteiger partial charge is 0.307 e. The van der Waals surface area contributed by atoms with Crippen LogP contribution in [0.15, 0.2) is 52.0 Å². The van der Waals surface area contributed by atoms with Crippen LogP contribution in [0, 0.1) is 12.8 Å². The summed E-state index contributed by atoms with van der Waals surface area (Å²) in [5, 5.41) is 7.01. The first-order valence-corrected chi connectivity index (χ1v) is 11.3. The highest BCUT2D eigenvalue weighted by Crippen LogP contribution is 2.27. The Kier molecular flexibility index (Phi) is 6.86. The number of thiophene rings is 1. The molecule has 4 nitrogen and oxygen atoms in total. The summed E-state index contributed by atoms with van der Waals surface area (Å²) >= 11 is 2.81. The fourth-order valence-corrected chi connectivity index (χ4v) is 4.78. The van der Waals surface area contributed by atoms with Crippen LogP contribution in [0.25, 0.3) is 0 Å². The van der Waals surface area contributed by atoms with Gasteiger partial charge in [-0.25, -0.2) is 0 Å². The second kappa shape index (κ2) is 9.34. The molecule has 1 N–H and O–H groups in total. The van der Waals surface area contributed by atoms with Crippen molar-refractivity contribution < 1.29 is 4.79 Å². The molecule has 0 aliphatic heterocycles. The normalized spacial score (nSPS) is 12.3. The summed E-state index contributed by atoms with van der Waals surface area (Å²) in [6.07, 6.45) is 1.33. The van der Waals surface area contributed by atoms with E-state index in [0.717, 1.165) is 22.6 Å². The molecule has 0 bridgehead atoms. The zero-order valence-corrected chi connectivity index (χ0v) is 18.1. The fraction of sp³-hybridized carbons (Fsp3) is 0.364. The van der Waals surface area contributed by atoms with Crippen LogP contribution in [0.2, 0.25) is 0 Å². The third-order valence-electron chi connectivity index (χ3n) is 4.63. The van der Waals surface area contributed by atoms with Gasteiger partial charge >= 0.3 is 4.87 Å². The lowest BCUT2D eigenvalue weighted by Crippen LogP contribution is -2.30. The van der Waals surface area contributed by atoms with E-state index in [1.54, 1.807) is 15.9 Å². The molecule has 6 heteroatoms. The Bertz CT molecular complexity index is 953. The average Bonchev–Trinajstić information content (AvgIpc) is 3.29. The number of aromatic nitrogens is 1. The molecular weight excluding hydrogens is 388 g/mol. The van der Waals surface area contributed by atoms with Crippen molar-refractivity contribution in [1.29, 1.82) is 0 Å². The summed E-state index contributed by atoms with van der Waals surface area (Å²) in [4.78, 5) is 25.6. The maximum absolute atomic E-state index is 12.6. The SMILES string of the molecule is Cc1csc(=O)n1CCC(=O)NC(c1ccc(CC(C)C)cc1)c1cccs1. The minimum absolute atomic E-state index is 0.0131. The van der Waals surface area contributed by atoms with E-state index < -0.39 is 0 Å². The molecule has 0 spiro atoms. The molecule has 0 fully saturated rings. The number of aryl methyl sites for hydroxylation is 1. The fourth-order valence-electron chi connectivity index (χ4n) is 3.21. The zero-order chi connectivity index (χ0) is 20.1. The van der Waals surface area contributed by atoms with Crippen LogP contribution in [0.1, 0.15) is 48.0 Å². The number of hydrogen-bond acceptors (Lipinski definition) is 4. The molecule has 0 radical (unpaired) electrons. The van der Waals surface area contributed by atoms with Crippen molar-refractivity contribution >= 4 is 28.6 Å². The Hall–Kier alpha value is -2.18. The summed E-state index contributed by atoms with van der Waals surface area (Å²) in [7, 11) is 0. The highest BCUT2D eigenvalue weighted by molar-refractivity contribution is 7.10. The van der Waals surface area contributed by atoms with Crippen molar-refractivity contribution in [2.45, 2.75) is 46.2 Å². The van der Waals surface area contributed by atoms with Crippen LogP contribution in [-0.2, 0) is 17.8 Å². The summed E-state index contributed by atoms with van der Waals surface area (Å²) in [5.41, 5.74) is 3.29. The first kappa shape index (κ1) is 20.6. The first-order valence-electron chi connectivity index (χ1n) is 9.50. The molecule has 1 aromatic carbocycles. The molecular formula is C22H26N2O2S2. The van der Waals surface area contributed by atoms with Crippen molar-refractivity contribution in [1.82, 2.24) is 9.88 Å². The Morgan fingerprint density at radius 1 is 1.14 bits per heavy atom. The molecule has 28 heavy (non-hydrogen) atoms. The van der Waals surface area contributed by atoms with Crippen LogP contribution in [-0.4, -0.2) is 10.5 Å². The molecule has 148 valence electrons. The molecule has 1 unspecified atom stereocenters. The van der Waals surface area contributed by atoms with Gasteiger partial charge in [0.1, 0.15) is 0 Å². The second-order valence-corrected chi connectivity index (χ2v) is 9.20. The molecule has 3 rings (SSSR count). The number of carbonyl (C=O) groups is 1. The number of nitrogens with zero attached hydrogens (tertiary/aromatic N) is 1. The predicted molar refractivity (Wildman–Crippen MR) is 117 cm³/mol. The lowest BCUT2D eigenvalue weighted by atomic mass is 9.98. The Balaban J connectivity index is 1.72. The van der Waals surface area contributed by atoms with Gasteiger partial charge in [-0.1, -0.05) is 55.5 Å². The van der Waals surface area contributed by atoms with Gasteiger partial charge in [-0.05, 0) is 41.8 Å². The molecule has 0 saturated carbocycles. The largest absolute Gasteiger partial charge is 0.344 e. The van der Waals surface area contributed by atoms with E-state index >= 15 is 0 Å². The van der Waals surface area contributed by atoms with Crippen molar-refractivity contribution in [3.8, 4) is 0 Å². The number of carbonyl (C=O) groups excluding carboxylic acids is 1. The van der Waals surface area contributed by atoms with Crippen LogP contribution < -0.4 is 10.2 Å². The van der Waals surface area contributed by atoms with E-state index in [4.69, 9.17) is 0 Å². The number of nitrogens with one attached hydrogen (secondary N) is 1. The molecule has 1 atom stereocenters. The number of hydrogen-bond donors (Lipinski definition) is 1. The van der Waals surface area contributed by atoms with Crippen LogP contribution in [0.5, 0.6) is 0 Å². The topological polar surface area (TPSA) is 51.1 Å². The molecule has 0 aliphatic carbocycles. The molecule has 1 amide bonds. The third-order valence-corrected chi connectivity index (χ3v) is 6.45. The number of rotatable bonds is 8. The highest BCUT2D eigenvalue weighted by atomic mass is 32.1. The summed E-state index contributed by atoms with van der Waals surface area (Å²) in [6, 6.07) is 12.4. The lowest BCUT2D eigenvalue weighted by Gasteiger charge is -2.19. The van der Waals surface area contributed by atoms with Crippen molar-refractivity contribution in [3.63, 3.8) is 0 Å². The van der Waals surface area contributed by atoms with Gasteiger partial charge in [-0.15, -0.1) is 11.3 Å². The third kappa shape index (κ3) is 5.20. The minimum atomic E-state index is -0.166. The van der Waals surface area contributed by atoms with Gasteiger partial charge in [0, 0.05) is 28.9 Å². The van der Waals surface area contributed by atoms with E-state index in [2.05, 4.69) is 43.4 Å². The van der Waals surface area contributed by atoms with Crippen LogP contribution in [0.3, 0.4) is 0 Å². The van der Waals surface area contributed by atoms with Crippen LogP contribution >= 0.6 is 22.7 Å². The molecule has 2 heterocycles. The zero-order valence-electron chi connectivity index (χ0n) is 16.5.